The lowest BCUT2D eigenvalue weighted by atomic mass is 10.1. The third-order valence-corrected chi connectivity index (χ3v) is 1.75. The minimum Gasteiger partial charge on any atom is -0.393 e. The average Bonchev–Trinajstić information content (AvgIpc) is 1.82. The first-order valence-electron chi connectivity index (χ1n) is 3.40. The number of hydrogen-bond donors (Lipinski definition) is 1. The van der Waals surface area contributed by atoms with Gasteiger partial charge < -0.3 is 5.11 Å². The molecule has 0 spiro atoms. The van der Waals surface area contributed by atoms with Crippen LogP contribution in [0.25, 0.3) is 0 Å². The molecule has 0 aromatic heterocycles. The number of hydrogen-bond acceptors (Lipinski definition) is 2. The van der Waals surface area contributed by atoms with Gasteiger partial charge in [-0.1, -0.05) is 15.9 Å². The van der Waals surface area contributed by atoms with Gasteiger partial charge in [-0.25, -0.2) is 0 Å². The Balaban J connectivity index is 3.25. The zero-order chi connectivity index (χ0) is 7.98. The normalized spacial score (nSPS) is 13.1. The van der Waals surface area contributed by atoms with E-state index < -0.39 is 6.10 Å². The quantitative estimate of drug-likeness (QED) is 0.696. The van der Waals surface area contributed by atoms with Crippen LogP contribution in [0.5, 0.6) is 0 Å². The monoisotopic (exact) mass is 208 g/mol. The van der Waals surface area contributed by atoms with Gasteiger partial charge in [-0.3, -0.25) is 4.79 Å². The predicted octanol–water partition coefficient (Wildman–Crippen LogP) is 1.50. The van der Waals surface area contributed by atoms with Crippen molar-refractivity contribution in [3.05, 3.63) is 0 Å². The number of alkyl halides is 1. The van der Waals surface area contributed by atoms with Crippen LogP contribution in [0.15, 0.2) is 0 Å². The van der Waals surface area contributed by atoms with E-state index in [0.717, 1.165) is 11.8 Å². The maximum atomic E-state index is 10.4. The van der Waals surface area contributed by atoms with Gasteiger partial charge in [0.1, 0.15) is 5.78 Å². The maximum Gasteiger partial charge on any atom is 0.132 e. The molecule has 60 valence electrons. The topological polar surface area (TPSA) is 37.3 Å². The van der Waals surface area contributed by atoms with Crippen molar-refractivity contribution in [2.75, 3.05) is 5.33 Å². The fourth-order valence-electron chi connectivity index (χ4n) is 0.747. The molecule has 0 saturated heterocycles. The first kappa shape index (κ1) is 10.1. The Morgan fingerprint density at radius 2 is 2.30 bits per heavy atom. The van der Waals surface area contributed by atoms with Crippen molar-refractivity contribution in [2.45, 2.75) is 32.3 Å². The van der Waals surface area contributed by atoms with E-state index in [-0.39, 0.29) is 5.78 Å². The zero-order valence-corrected chi connectivity index (χ0v) is 7.73. The largest absolute Gasteiger partial charge is 0.393 e. The highest BCUT2D eigenvalue weighted by Crippen LogP contribution is 2.03. The summed E-state index contributed by atoms with van der Waals surface area (Å²) in [6.07, 6.45) is 1.50. The van der Waals surface area contributed by atoms with E-state index in [2.05, 4.69) is 15.9 Å². The van der Waals surface area contributed by atoms with Gasteiger partial charge in [0, 0.05) is 11.8 Å². The van der Waals surface area contributed by atoms with Crippen LogP contribution in [-0.2, 0) is 4.79 Å². The highest BCUT2D eigenvalue weighted by Gasteiger charge is 2.05. The van der Waals surface area contributed by atoms with Crippen LogP contribution < -0.4 is 0 Å². The Kier molecular flexibility index (Phi) is 5.93. The van der Waals surface area contributed by atoms with Crippen LogP contribution in [0.2, 0.25) is 0 Å². The van der Waals surface area contributed by atoms with Gasteiger partial charge in [0.2, 0.25) is 0 Å². The van der Waals surface area contributed by atoms with E-state index in [0.29, 0.717) is 12.8 Å². The number of ketones is 1. The highest BCUT2D eigenvalue weighted by atomic mass is 79.9. The van der Waals surface area contributed by atoms with Gasteiger partial charge >= 0.3 is 0 Å². The molecule has 0 rings (SSSR count). The number of aliphatic hydroxyl groups is 1. The molecular weight excluding hydrogens is 196 g/mol. The smallest absolute Gasteiger partial charge is 0.132 e. The van der Waals surface area contributed by atoms with Crippen molar-refractivity contribution in [1.29, 1.82) is 0 Å². The first-order valence-corrected chi connectivity index (χ1v) is 4.52. The summed E-state index contributed by atoms with van der Waals surface area (Å²) in [5.74, 6) is 0.0575. The van der Waals surface area contributed by atoms with Crippen LogP contribution in [0.3, 0.4) is 0 Å². The number of carbonyl (C=O) groups is 1. The Hall–Kier alpha value is 0.110. The van der Waals surface area contributed by atoms with Crippen molar-refractivity contribution >= 4 is 21.7 Å². The fraction of sp³-hybridized carbons (Fsp3) is 0.857. The third kappa shape index (κ3) is 6.23. The minimum atomic E-state index is -0.435. The van der Waals surface area contributed by atoms with Crippen molar-refractivity contribution < 1.29 is 9.90 Å². The van der Waals surface area contributed by atoms with Crippen molar-refractivity contribution in [3.8, 4) is 0 Å². The molecule has 0 bridgehead atoms. The molecule has 0 heterocycles. The van der Waals surface area contributed by atoms with E-state index in [1.807, 2.05) is 0 Å². The molecule has 0 radical (unpaired) electrons. The van der Waals surface area contributed by atoms with Crippen LogP contribution in [0.4, 0.5) is 0 Å². The Morgan fingerprint density at radius 1 is 1.70 bits per heavy atom. The summed E-state index contributed by atoms with van der Waals surface area (Å²) in [6.45, 7) is 1.50. The number of Topliss-reactive ketones (excluding diaryl/α,β-unsaturated/α-hetero) is 1. The molecule has 0 aromatic rings. The molecular formula is C7H13BrO2. The fourth-order valence-corrected chi connectivity index (χ4v) is 1.07. The van der Waals surface area contributed by atoms with E-state index in [1.54, 1.807) is 0 Å². The lowest BCUT2D eigenvalue weighted by Gasteiger charge is -2.05. The van der Waals surface area contributed by atoms with Crippen LogP contribution in [-0.4, -0.2) is 22.3 Å². The lowest BCUT2D eigenvalue weighted by Crippen LogP contribution is -2.10. The molecule has 1 unspecified atom stereocenters. The summed E-state index contributed by atoms with van der Waals surface area (Å²) >= 11 is 3.25. The first-order chi connectivity index (χ1) is 4.66. The van der Waals surface area contributed by atoms with Crippen LogP contribution in [0, 0.1) is 0 Å². The van der Waals surface area contributed by atoms with Gasteiger partial charge in [-0.15, -0.1) is 0 Å². The number of carbonyl (C=O) groups excluding carboxylic acids is 1. The molecule has 0 amide bonds. The molecule has 3 heteroatoms. The molecule has 1 N–H and O–H groups in total. The molecule has 0 aliphatic carbocycles. The van der Waals surface area contributed by atoms with Gasteiger partial charge in [-0.05, 0) is 19.8 Å². The van der Waals surface area contributed by atoms with E-state index in [1.165, 1.54) is 6.92 Å². The molecule has 0 aliphatic heterocycles. The van der Waals surface area contributed by atoms with Crippen LogP contribution in [0.1, 0.15) is 26.2 Å². The molecule has 10 heavy (non-hydrogen) atoms. The summed E-state index contributed by atoms with van der Waals surface area (Å²) in [5.41, 5.74) is 0. The lowest BCUT2D eigenvalue weighted by molar-refractivity contribution is -0.118. The molecule has 0 fully saturated rings. The second-order valence-corrected chi connectivity index (χ2v) is 3.18. The molecule has 2 nitrogen and oxygen atoms in total. The van der Waals surface area contributed by atoms with Gasteiger partial charge in [0.05, 0.1) is 6.10 Å². The summed E-state index contributed by atoms with van der Waals surface area (Å²) in [7, 11) is 0. The summed E-state index contributed by atoms with van der Waals surface area (Å²) in [5, 5.41) is 10.00. The molecule has 0 aromatic carbocycles. The Morgan fingerprint density at radius 3 is 2.70 bits per heavy atom. The Bertz CT molecular complexity index is 104. The van der Waals surface area contributed by atoms with Crippen LogP contribution >= 0.6 is 15.9 Å². The van der Waals surface area contributed by atoms with Crippen molar-refractivity contribution in [3.63, 3.8) is 0 Å². The molecule has 1 atom stereocenters. The van der Waals surface area contributed by atoms with Crippen molar-refractivity contribution in [2.24, 2.45) is 0 Å². The SMILES string of the molecule is CC(=O)CC(O)CCCBr. The summed E-state index contributed by atoms with van der Waals surface area (Å²) < 4.78 is 0. The number of rotatable bonds is 5. The van der Waals surface area contributed by atoms with Gasteiger partial charge in [0.15, 0.2) is 0 Å². The van der Waals surface area contributed by atoms with E-state index >= 15 is 0 Å². The number of halogens is 1. The summed E-state index contributed by atoms with van der Waals surface area (Å²) in [4.78, 5) is 10.4. The standard InChI is InChI=1S/C7H13BrO2/c1-6(9)5-7(10)3-2-4-8/h7,10H,2-5H2,1H3. The second-order valence-electron chi connectivity index (χ2n) is 2.39. The third-order valence-electron chi connectivity index (χ3n) is 1.19. The van der Waals surface area contributed by atoms with Gasteiger partial charge in [0.25, 0.3) is 0 Å². The summed E-state index contributed by atoms with van der Waals surface area (Å²) in [6, 6.07) is 0. The van der Waals surface area contributed by atoms with Gasteiger partial charge in [-0.2, -0.15) is 0 Å². The second kappa shape index (κ2) is 5.86. The minimum absolute atomic E-state index is 0.0575. The molecule has 0 saturated carbocycles. The number of aliphatic hydroxyl groups excluding tert-OH is 1. The van der Waals surface area contributed by atoms with E-state index in [4.69, 9.17) is 5.11 Å². The highest BCUT2D eigenvalue weighted by molar-refractivity contribution is 9.09. The molecule has 0 aliphatic rings. The predicted molar refractivity (Wildman–Crippen MR) is 44.3 cm³/mol. The maximum absolute atomic E-state index is 10.4. The Labute approximate surface area is 69.8 Å². The average molecular weight is 209 g/mol. The van der Waals surface area contributed by atoms with Crippen molar-refractivity contribution in [1.82, 2.24) is 0 Å². The zero-order valence-electron chi connectivity index (χ0n) is 6.14. The van der Waals surface area contributed by atoms with E-state index in [9.17, 15) is 4.79 Å².